The van der Waals surface area contributed by atoms with Crippen LogP contribution in [0, 0.1) is 0 Å². The van der Waals surface area contributed by atoms with Crippen molar-refractivity contribution in [3.05, 3.63) is 72.7 Å². The van der Waals surface area contributed by atoms with Gasteiger partial charge in [-0.1, -0.05) is 12.1 Å². The summed E-state index contributed by atoms with van der Waals surface area (Å²) < 4.78 is 12.4. The number of nitrogens with one attached hydrogen (secondary N) is 1. The Kier molecular flexibility index (Phi) is 4.66. The molecule has 0 aliphatic carbocycles. The van der Waals surface area contributed by atoms with Crippen LogP contribution in [0.15, 0.2) is 71.3 Å². The second kappa shape index (κ2) is 7.64. The lowest BCUT2D eigenvalue weighted by Crippen LogP contribution is -2.30. The summed E-state index contributed by atoms with van der Waals surface area (Å²) in [5, 5.41) is 2.85. The third-order valence-electron chi connectivity index (χ3n) is 5.33. The molecule has 0 unspecified atom stereocenters. The van der Waals surface area contributed by atoms with Crippen molar-refractivity contribution < 1.29 is 18.7 Å². The molecule has 0 spiro atoms. The van der Waals surface area contributed by atoms with E-state index in [9.17, 15) is 9.59 Å². The molecule has 1 aliphatic heterocycles. The van der Waals surface area contributed by atoms with Crippen LogP contribution in [0.5, 0.6) is 5.75 Å². The fraction of sp³-hybridized carbons (Fsp3) is 0.174. The van der Waals surface area contributed by atoms with E-state index in [4.69, 9.17) is 9.15 Å². The van der Waals surface area contributed by atoms with Crippen molar-refractivity contribution in [1.29, 1.82) is 0 Å². The quantitative estimate of drug-likeness (QED) is 0.517. The normalized spacial score (nSPS) is 15.3. The zero-order valence-electron chi connectivity index (χ0n) is 16.8. The second-order valence-corrected chi connectivity index (χ2v) is 7.27. The molecule has 0 fully saturated rings. The summed E-state index contributed by atoms with van der Waals surface area (Å²) in [4.78, 5) is 32.3. The van der Waals surface area contributed by atoms with E-state index in [2.05, 4.69) is 10.3 Å². The van der Waals surface area contributed by atoms with E-state index in [1.807, 2.05) is 34.9 Å². The number of carbonyl (C=O) groups excluding carboxylic acids is 2. The van der Waals surface area contributed by atoms with Gasteiger partial charge >= 0.3 is 0 Å². The van der Waals surface area contributed by atoms with Crippen molar-refractivity contribution in [2.45, 2.75) is 19.0 Å². The number of imidazole rings is 1. The molecule has 31 heavy (non-hydrogen) atoms. The van der Waals surface area contributed by atoms with Gasteiger partial charge in [0.25, 0.3) is 5.91 Å². The number of hydrogen-bond donors (Lipinski definition) is 1. The topological polar surface area (TPSA) is 89.6 Å². The molecule has 1 aliphatic rings. The van der Waals surface area contributed by atoms with Crippen molar-refractivity contribution in [2.75, 3.05) is 17.3 Å². The van der Waals surface area contributed by atoms with Gasteiger partial charge in [0.1, 0.15) is 17.6 Å². The fourth-order valence-corrected chi connectivity index (χ4v) is 3.87. The van der Waals surface area contributed by atoms with Gasteiger partial charge in [-0.2, -0.15) is 0 Å². The van der Waals surface area contributed by atoms with Gasteiger partial charge in [-0.25, -0.2) is 4.98 Å². The number of carbonyl (C=O) groups is 2. The van der Waals surface area contributed by atoms with Gasteiger partial charge in [0.05, 0.1) is 37.4 Å². The number of methoxy groups -OCH3 is 1. The molecule has 0 bridgehead atoms. The molecule has 156 valence electrons. The van der Waals surface area contributed by atoms with Crippen LogP contribution in [-0.4, -0.2) is 28.5 Å². The lowest BCUT2D eigenvalue weighted by atomic mass is 10.1. The first kappa shape index (κ1) is 18.9. The summed E-state index contributed by atoms with van der Waals surface area (Å²) in [6.07, 6.45) is 1.56. The minimum Gasteiger partial charge on any atom is -0.497 e. The zero-order valence-corrected chi connectivity index (χ0v) is 16.8. The minimum absolute atomic E-state index is 0.00707. The summed E-state index contributed by atoms with van der Waals surface area (Å²) >= 11 is 0. The maximum absolute atomic E-state index is 13.3. The summed E-state index contributed by atoms with van der Waals surface area (Å²) in [6, 6.07) is 17.5. The Labute approximate surface area is 178 Å². The highest BCUT2D eigenvalue weighted by atomic mass is 16.5. The zero-order chi connectivity index (χ0) is 21.4. The number of amides is 2. The van der Waals surface area contributed by atoms with E-state index in [0.717, 1.165) is 11.0 Å². The Morgan fingerprint density at radius 1 is 1.13 bits per heavy atom. The molecular weight excluding hydrogens is 396 g/mol. The first-order chi connectivity index (χ1) is 15.1. The van der Waals surface area contributed by atoms with Crippen LogP contribution in [0.1, 0.15) is 18.2 Å². The average molecular weight is 416 g/mol. The molecule has 8 nitrogen and oxygen atoms in total. The third kappa shape index (κ3) is 3.42. The summed E-state index contributed by atoms with van der Waals surface area (Å²) in [7, 11) is 1.58. The number of furan rings is 1. The number of ether oxygens (including phenoxy) is 1. The first-order valence-electron chi connectivity index (χ1n) is 9.88. The van der Waals surface area contributed by atoms with Crippen LogP contribution in [0.3, 0.4) is 0 Å². The number of fused-ring (bicyclic) bond motifs is 3. The number of hydrogen-bond acceptors (Lipinski definition) is 5. The largest absolute Gasteiger partial charge is 0.497 e. The smallest absolute Gasteiger partial charge is 0.253 e. The molecular formula is C23H20N4O4. The van der Waals surface area contributed by atoms with Gasteiger partial charge < -0.3 is 14.5 Å². The third-order valence-corrected chi connectivity index (χ3v) is 5.33. The van der Waals surface area contributed by atoms with E-state index >= 15 is 0 Å². The average Bonchev–Trinajstić information content (AvgIpc) is 3.48. The molecule has 3 heterocycles. The Morgan fingerprint density at radius 3 is 2.68 bits per heavy atom. The van der Waals surface area contributed by atoms with Gasteiger partial charge in [-0.15, -0.1) is 0 Å². The van der Waals surface area contributed by atoms with Crippen LogP contribution in [0.2, 0.25) is 0 Å². The Balaban J connectivity index is 1.44. The van der Waals surface area contributed by atoms with E-state index in [-0.39, 0.29) is 24.8 Å². The molecule has 2 aromatic heterocycles. The molecule has 2 aromatic carbocycles. The van der Waals surface area contributed by atoms with Gasteiger partial charge in [-0.3, -0.25) is 19.1 Å². The number of rotatable bonds is 6. The fourth-order valence-electron chi connectivity index (χ4n) is 3.87. The summed E-state index contributed by atoms with van der Waals surface area (Å²) in [5.41, 5.74) is 2.23. The Hall–Kier alpha value is -4.07. The molecule has 0 radical (unpaired) electrons. The van der Waals surface area contributed by atoms with Gasteiger partial charge in [0.15, 0.2) is 0 Å². The number of aromatic nitrogens is 2. The van der Waals surface area contributed by atoms with E-state index in [1.54, 1.807) is 48.6 Å². The van der Waals surface area contributed by atoms with Crippen LogP contribution >= 0.6 is 0 Å². The number of anilines is 2. The molecule has 4 aromatic rings. The summed E-state index contributed by atoms with van der Waals surface area (Å²) in [6.45, 7) is 0.256. The van der Waals surface area contributed by atoms with Crippen molar-refractivity contribution in [3.8, 4) is 5.75 Å². The standard InChI is InChI=1S/C23H20N4O4/c1-30-16-10-8-15(9-11-16)24-21(28)13-20-22(29)26(14-17-5-4-12-31-17)23-25-18-6-2-3-7-19(18)27(20)23/h2-12,20H,13-14H2,1H3,(H,24,28)/t20-/m0/s1. The maximum atomic E-state index is 13.3. The molecule has 0 saturated carbocycles. The van der Waals surface area contributed by atoms with Gasteiger partial charge in [0, 0.05) is 5.69 Å². The molecule has 1 atom stereocenters. The number of nitrogens with zero attached hydrogens (tertiary/aromatic N) is 3. The van der Waals surface area contributed by atoms with Gasteiger partial charge in [-0.05, 0) is 48.5 Å². The Morgan fingerprint density at radius 2 is 1.94 bits per heavy atom. The molecule has 8 heteroatoms. The highest BCUT2D eigenvalue weighted by Crippen LogP contribution is 2.37. The lowest BCUT2D eigenvalue weighted by molar-refractivity contribution is -0.124. The monoisotopic (exact) mass is 416 g/mol. The molecule has 2 amide bonds. The predicted molar refractivity (Wildman–Crippen MR) is 115 cm³/mol. The highest BCUT2D eigenvalue weighted by molar-refractivity contribution is 6.05. The van der Waals surface area contributed by atoms with Crippen LogP contribution < -0.4 is 15.0 Å². The van der Waals surface area contributed by atoms with Gasteiger partial charge in [0.2, 0.25) is 11.9 Å². The van der Waals surface area contributed by atoms with Crippen LogP contribution in [0.4, 0.5) is 11.6 Å². The minimum atomic E-state index is -0.685. The first-order valence-corrected chi connectivity index (χ1v) is 9.88. The van der Waals surface area contributed by atoms with Crippen LogP contribution in [-0.2, 0) is 16.1 Å². The summed E-state index contributed by atoms with van der Waals surface area (Å²) in [5.74, 6) is 1.42. The predicted octanol–water partition coefficient (Wildman–Crippen LogP) is 3.75. The van der Waals surface area contributed by atoms with Crippen molar-refractivity contribution in [1.82, 2.24) is 9.55 Å². The SMILES string of the molecule is COc1ccc(NC(=O)C[C@H]2C(=O)N(Cc3ccco3)c3nc4ccccc4n32)cc1. The lowest BCUT2D eigenvalue weighted by Gasteiger charge is -2.15. The van der Waals surface area contributed by atoms with Crippen molar-refractivity contribution in [2.24, 2.45) is 0 Å². The number of benzene rings is 2. The van der Waals surface area contributed by atoms with Crippen molar-refractivity contribution in [3.63, 3.8) is 0 Å². The van der Waals surface area contributed by atoms with E-state index in [1.165, 1.54) is 0 Å². The molecule has 5 rings (SSSR count). The number of para-hydroxylation sites is 2. The Bertz CT molecular complexity index is 1240. The van der Waals surface area contributed by atoms with Crippen molar-refractivity contribution >= 4 is 34.5 Å². The van der Waals surface area contributed by atoms with E-state index in [0.29, 0.717) is 23.1 Å². The van der Waals surface area contributed by atoms with E-state index < -0.39 is 6.04 Å². The van der Waals surface area contributed by atoms with Crippen LogP contribution in [0.25, 0.3) is 11.0 Å². The highest BCUT2D eigenvalue weighted by Gasteiger charge is 2.41. The maximum Gasteiger partial charge on any atom is 0.253 e. The molecule has 1 N–H and O–H groups in total. The molecule has 0 saturated heterocycles. The second-order valence-electron chi connectivity index (χ2n) is 7.27.